The first kappa shape index (κ1) is 15.0. The Bertz CT molecular complexity index is 611. The van der Waals surface area contributed by atoms with E-state index in [1.807, 2.05) is 19.1 Å². The van der Waals surface area contributed by atoms with Gasteiger partial charge in [0.1, 0.15) is 17.1 Å². The Labute approximate surface area is 131 Å². The van der Waals surface area contributed by atoms with E-state index in [4.69, 9.17) is 9.37 Å². The van der Waals surface area contributed by atoms with Crippen LogP contribution in [0.25, 0.3) is 0 Å². The zero-order valence-corrected chi connectivity index (χ0v) is 13.3. The number of piperidine rings is 1. The molecule has 3 rings (SSSR count). The number of aromatic nitrogens is 2. The van der Waals surface area contributed by atoms with Gasteiger partial charge in [-0.05, 0) is 50.9 Å². The number of hydrogen-bond donors (Lipinski definition) is 0. The lowest BCUT2D eigenvalue weighted by atomic mass is 9.99. The lowest BCUT2D eigenvalue weighted by Crippen LogP contribution is -2.37. The third-order valence-corrected chi connectivity index (χ3v) is 4.20. The number of likely N-dealkylation sites (tertiary alicyclic amines) is 1. The van der Waals surface area contributed by atoms with Gasteiger partial charge in [-0.15, -0.1) is 0 Å². The lowest BCUT2D eigenvalue weighted by molar-refractivity contribution is 0.122. The zero-order valence-electron chi connectivity index (χ0n) is 13.3. The maximum Gasteiger partial charge on any atom is 0.122 e. The fourth-order valence-corrected chi connectivity index (χ4v) is 2.95. The number of aryl methyl sites for hydroxylation is 2. The molecule has 1 aliphatic rings. The molecule has 118 valence electrons. The molecule has 0 unspecified atom stereocenters. The Balaban J connectivity index is 1.51. The molecule has 5 heteroatoms. The van der Waals surface area contributed by atoms with Gasteiger partial charge < -0.3 is 4.74 Å². The van der Waals surface area contributed by atoms with E-state index in [1.165, 1.54) is 18.4 Å². The molecule has 1 fully saturated rings. The van der Waals surface area contributed by atoms with Gasteiger partial charge in [-0.1, -0.05) is 22.4 Å². The second-order valence-electron chi connectivity index (χ2n) is 6.17. The van der Waals surface area contributed by atoms with Crippen molar-refractivity contribution in [2.45, 2.75) is 33.2 Å². The molecule has 0 saturated carbocycles. The SMILES string of the molecule is Cc1cccc(OC[C@H]2CCCN(Cc3nonc3C)C2)c1. The van der Waals surface area contributed by atoms with Crippen LogP contribution in [0.3, 0.4) is 0 Å². The summed E-state index contributed by atoms with van der Waals surface area (Å²) in [5, 5.41) is 7.83. The van der Waals surface area contributed by atoms with Crippen molar-refractivity contribution >= 4 is 0 Å². The fourth-order valence-electron chi connectivity index (χ4n) is 2.95. The largest absolute Gasteiger partial charge is 0.493 e. The van der Waals surface area contributed by atoms with E-state index in [1.54, 1.807) is 0 Å². The monoisotopic (exact) mass is 301 g/mol. The first-order valence-electron chi connectivity index (χ1n) is 7.90. The molecule has 1 aromatic heterocycles. The first-order valence-corrected chi connectivity index (χ1v) is 7.90. The Morgan fingerprint density at radius 2 is 2.23 bits per heavy atom. The number of ether oxygens (including phenoxy) is 1. The van der Waals surface area contributed by atoms with Gasteiger partial charge in [0.15, 0.2) is 0 Å². The van der Waals surface area contributed by atoms with Gasteiger partial charge in [-0.2, -0.15) is 0 Å². The van der Waals surface area contributed by atoms with Gasteiger partial charge in [0.05, 0.1) is 6.61 Å². The van der Waals surface area contributed by atoms with Crippen molar-refractivity contribution in [2.75, 3.05) is 19.7 Å². The molecule has 0 aliphatic carbocycles. The van der Waals surface area contributed by atoms with Crippen LogP contribution in [-0.2, 0) is 6.54 Å². The molecule has 0 spiro atoms. The Hall–Kier alpha value is -1.88. The highest BCUT2D eigenvalue weighted by atomic mass is 16.6. The van der Waals surface area contributed by atoms with Crippen LogP contribution in [0.1, 0.15) is 29.8 Å². The van der Waals surface area contributed by atoms with Crippen molar-refractivity contribution < 1.29 is 9.37 Å². The van der Waals surface area contributed by atoms with E-state index in [0.29, 0.717) is 5.92 Å². The smallest absolute Gasteiger partial charge is 0.122 e. The number of nitrogens with zero attached hydrogens (tertiary/aromatic N) is 3. The van der Waals surface area contributed by atoms with Crippen LogP contribution in [0.5, 0.6) is 5.75 Å². The van der Waals surface area contributed by atoms with Crippen molar-refractivity contribution in [3.8, 4) is 5.75 Å². The van der Waals surface area contributed by atoms with Crippen molar-refractivity contribution in [1.82, 2.24) is 15.2 Å². The number of rotatable bonds is 5. The van der Waals surface area contributed by atoms with Crippen LogP contribution in [0.4, 0.5) is 0 Å². The Morgan fingerprint density at radius 1 is 1.32 bits per heavy atom. The molecule has 0 N–H and O–H groups in total. The summed E-state index contributed by atoms with van der Waals surface area (Å²) in [6.07, 6.45) is 2.42. The highest BCUT2D eigenvalue weighted by Crippen LogP contribution is 2.21. The molecule has 22 heavy (non-hydrogen) atoms. The molecular weight excluding hydrogens is 278 g/mol. The standard InChI is InChI=1S/C17H23N3O2/c1-13-5-3-7-16(9-13)21-12-15-6-4-8-20(10-15)11-17-14(2)18-22-19-17/h3,5,7,9,15H,4,6,8,10-12H2,1-2H3/t15-/m0/s1. The number of benzene rings is 1. The second kappa shape index (κ2) is 6.92. The first-order chi connectivity index (χ1) is 10.7. The van der Waals surface area contributed by atoms with Gasteiger partial charge in [-0.25, -0.2) is 4.63 Å². The maximum absolute atomic E-state index is 5.96. The van der Waals surface area contributed by atoms with Crippen LogP contribution in [0.2, 0.25) is 0 Å². The molecule has 1 atom stereocenters. The highest BCUT2D eigenvalue weighted by Gasteiger charge is 2.22. The molecule has 1 aliphatic heterocycles. The average molecular weight is 301 g/mol. The summed E-state index contributed by atoms with van der Waals surface area (Å²) in [5.74, 6) is 1.53. The molecule has 2 heterocycles. The summed E-state index contributed by atoms with van der Waals surface area (Å²) in [6.45, 7) is 7.76. The van der Waals surface area contributed by atoms with Gasteiger partial charge in [0.2, 0.25) is 0 Å². The summed E-state index contributed by atoms with van der Waals surface area (Å²) in [5.41, 5.74) is 3.06. The molecule has 0 amide bonds. The van der Waals surface area contributed by atoms with E-state index < -0.39 is 0 Å². The van der Waals surface area contributed by atoms with E-state index >= 15 is 0 Å². The molecular formula is C17H23N3O2. The van der Waals surface area contributed by atoms with Crippen LogP contribution in [-0.4, -0.2) is 34.9 Å². The molecule has 1 saturated heterocycles. The normalized spacial score (nSPS) is 19.3. The van der Waals surface area contributed by atoms with Crippen LogP contribution in [0, 0.1) is 19.8 Å². The minimum absolute atomic E-state index is 0.564. The van der Waals surface area contributed by atoms with E-state index in [0.717, 1.165) is 43.4 Å². The maximum atomic E-state index is 5.96. The quantitative estimate of drug-likeness (QED) is 0.850. The lowest BCUT2D eigenvalue weighted by Gasteiger charge is -2.32. The Kier molecular flexibility index (Phi) is 4.73. The van der Waals surface area contributed by atoms with Gasteiger partial charge in [-0.3, -0.25) is 4.90 Å². The van der Waals surface area contributed by atoms with Gasteiger partial charge >= 0.3 is 0 Å². The highest BCUT2D eigenvalue weighted by molar-refractivity contribution is 5.27. The zero-order chi connectivity index (χ0) is 15.4. The average Bonchev–Trinajstić information content (AvgIpc) is 2.91. The number of hydrogen-bond acceptors (Lipinski definition) is 5. The second-order valence-corrected chi connectivity index (χ2v) is 6.17. The summed E-state index contributed by atoms with van der Waals surface area (Å²) < 4.78 is 10.7. The van der Waals surface area contributed by atoms with E-state index in [9.17, 15) is 0 Å². The van der Waals surface area contributed by atoms with Crippen molar-refractivity contribution in [3.63, 3.8) is 0 Å². The minimum Gasteiger partial charge on any atom is -0.493 e. The fraction of sp³-hybridized carbons (Fsp3) is 0.529. The summed E-state index contributed by atoms with van der Waals surface area (Å²) >= 11 is 0. The van der Waals surface area contributed by atoms with Crippen molar-refractivity contribution in [2.24, 2.45) is 5.92 Å². The summed E-state index contributed by atoms with van der Waals surface area (Å²) in [6, 6.07) is 8.24. The van der Waals surface area contributed by atoms with Crippen molar-refractivity contribution in [1.29, 1.82) is 0 Å². The minimum atomic E-state index is 0.564. The van der Waals surface area contributed by atoms with Crippen LogP contribution >= 0.6 is 0 Å². The van der Waals surface area contributed by atoms with Gasteiger partial charge in [0.25, 0.3) is 0 Å². The van der Waals surface area contributed by atoms with Crippen molar-refractivity contribution in [3.05, 3.63) is 41.2 Å². The Morgan fingerprint density at radius 3 is 3.00 bits per heavy atom. The van der Waals surface area contributed by atoms with Crippen LogP contribution < -0.4 is 4.74 Å². The summed E-state index contributed by atoms with van der Waals surface area (Å²) in [7, 11) is 0. The topological polar surface area (TPSA) is 51.4 Å². The molecule has 0 bridgehead atoms. The molecule has 1 aromatic carbocycles. The van der Waals surface area contributed by atoms with E-state index in [-0.39, 0.29) is 0 Å². The van der Waals surface area contributed by atoms with E-state index in [2.05, 4.69) is 34.3 Å². The predicted molar refractivity (Wildman–Crippen MR) is 83.7 cm³/mol. The van der Waals surface area contributed by atoms with Gasteiger partial charge in [0, 0.05) is 19.0 Å². The van der Waals surface area contributed by atoms with Crippen LogP contribution in [0.15, 0.2) is 28.9 Å². The third-order valence-electron chi connectivity index (χ3n) is 4.20. The predicted octanol–water partition coefficient (Wildman–Crippen LogP) is 2.98. The summed E-state index contributed by atoms with van der Waals surface area (Å²) in [4.78, 5) is 2.42. The third kappa shape index (κ3) is 3.85. The molecule has 5 nitrogen and oxygen atoms in total. The molecule has 0 radical (unpaired) electrons. The molecule has 2 aromatic rings.